The molecule has 84 valence electrons. The molecule has 3 atom stereocenters. The summed E-state index contributed by atoms with van der Waals surface area (Å²) in [6.07, 6.45) is 0.954. The zero-order valence-electron chi connectivity index (χ0n) is 10.8. The second-order valence-corrected chi connectivity index (χ2v) is 6.09. The van der Waals surface area contributed by atoms with E-state index in [9.17, 15) is 9.59 Å². The maximum Gasteiger partial charge on any atom is 0.496 e. The predicted octanol–water partition coefficient (Wildman–Crippen LogP) is -1.23. The molecule has 0 bridgehead atoms. The van der Waals surface area contributed by atoms with Crippen LogP contribution in [0.5, 0.6) is 0 Å². The highest BCUT2D eigenvalue weighted by atomic mass is 28.4. The highest BCUT2D eigenvalue weighted by molar-refractivity contribution is 6.58. The quantitative estimate of drug-likeness (QED) is 0.322. The van der Waals surface area contributed by atoms with E-state index in [-0.39, 0.29) is 6.42 Å². The Kier molecular flexibility index (Phi) is 1.69. The first-order valence-electron chi connectivity index (χ1n) is 5.99. The maximum absolute atomic E-state index is 11.5. The molecule has 0 aromatic heterocycles. The van der Waals surface area contributed by atoms with Crippen molar-refractivity contribution < 1.29 is 28.7 Å². The molecular weight excluding hydrogens is 220 g/mol. The SMILES string of the molecule is [3H]O[Si](O[3H])(O[3H])C1CCC2C(=O)OC(=O)C2C1. The van der Waals surface area contributed by atoms with E-state index in [4.69, 9.17) is 4.29 Å². The average molecular weight is 238 g/mol. The lowest BCUT2D eigenvalue weighted by molar-refractivity contribution is -0.153. The fourth-order valence-electron chi connectivity index (χ4n) is 2.28. The van der Waals surface area contributed by atoms with E-state index < -0.39 is 38.1 Å². The summed E-state index contributed by atoms with van der Waals surface area (Å²) in [5.74, 6) is -2.20. The van der Waals surface area contributed by atoms with Gasteiger partial charge < -0.3 is 19.1 Å². The van der Waals surface area contributed by atoms with Gasteiger partial charge in [-0.15, -0.1) is 0 Å². The van der Waals surface area contributed by atoms with Gasteiger partial charge in [0.05, 0.1) is 11.8 Å². The molecule has 3 unspecified atom stereocenters. The first kappa shape index (κ1) is 7.50. The minimum atomic E-state index is -3.75. The third-order valence-corrected chi connectivity index (χ3v) is 4.68. The molecule has 2 aliphatic rings. The molecule has 1 aliphatic heterocycles. The van der Waals surface area contributed by atoms with Crippen molar-refractivity contribution >= 4 is 20.7 Å². The average Bonchev–Trinajstić information content (AvgIpc) is 2.68. The number of fused-ring (bicyclic) bond motifs is 1. The summed E-state index contributed by atoms with van der Waals surface area (Å²) in [7, 11) is -3.75. The zero-order chi connectivity index (χ0) is 13.3. The Hall–Kier alpha value is -0.763. The summed E-state index contributed by atoms with van der Waals surface area (Å²) in [5.41, 5.74) is -0.523. The molecule has 0 radical (unpaired) electrons. The number of rotatable bonds is 4. The molecule has 2 fully saturated rings. The Labute approximate surface area is 91.3 Å². The van der Waals surface area contributed by atoms with E-state index >= 15 is 0 Å². The van der Waals surface area contributed by atoms with Crippen LogP contribution in [-0.4, -0.2) is 39.4 Å². The van der Waals surface area contributed by atoms with Crippen molar-refractivity contribution in [3.63, 3.8) is 0 Å². The number of hydrogen-bond acceptors (Lipinski definition) is 6. The van der Waals surface area contributed by atoms with Gasteiger partial charge in [0.2, 0.25) is 0 Å². The summed E-state index contributed by atoms with van der Waals surface area (Å²) < 4.78 is 25.3. The molecule has 1 saturated heterocycles. The third kappa shape index (κ3) is 1.83. The minimum Gasteiger partial charge on any atom is -0.393 e. The van der Waals surface area contributed by atoms with Crippen molar-refractivity contribution in [3.05, 3.63) is 0 Å². The molecule has 3 N–H and O–H groups in total. The Morgan fingerprint density at radius 1 is 1.20 bits per heavy atom. The van der Waals surface area contributed by atoms with Gasteiger partial charge in [-0.2, -0.15) is 0 Å². The minimum absolute atomic E-state index is 0.179. The molecule has 0 aromatic carbocycles. The highest BCUT2D eigenvalue weighted by Gasteiger charge is 2.52. The monoisotopic (exact) mass is 238 g/mol. The van der Waals surface area contributed by atoms with Gasteiger partial charge in [0.1, 0.15) is 0 Å². The van der Waals surface area contributed by atoms with Crippen LogP contribution in [0.15, 0.2) is 0 Å². The summed E-state index contributed by atoms with van der Waals surface area (Å²) in [5, 5.41) is 0. The lowest BCUT2D eigenvalue weighted by Crippen LogP contribution is -2.44. The molecule has 0 aromatic rings. The molecule has 1 heterocycles. The van der Waals surface area contributed by atoms with Gasteiger partial charge in [0.15, 0.2) is 4.29 Å². The molecule has 15 heavy (non-hydrogen) atoms. The Morgan fingerprint density at radius 2 is 1.87 bits per heavy atom. The van der Waals surface area contributed by atoms with E-state index in [1.54, 1.807) is 0 Å². The van der Waals surface area contributed by atoms with Crippen LogP contribution in [0.2, 0.25) is 5.54 Å². The summed E-state index contributed by atoms with van der Waals surface area (Å²) in [6.45, 7) is 0. The maximum atomic E-state index is 11.5. The first-order chi connectivity index (χ1) is 8.57. The van der Waals surface area contributed by atoms with Crippen LogP contribution in [0.4, 0.5) is 0 Å². The molecule has 1 saturated carbocycles. The number of cyclic esters (lactones) is 2. The number of esters is 2. The molecule has 6 nitrogen and oxygen atoms in total. The number of carbonyl (C=O) groups is 2. The predicted molar refractivity (Wildman–Crippen MR) is 48.1 cm³/mol. The van der Waals surface area contributed by atoms with Crippen molar-refractivity contribution in [1.29, 1.82) is 4.29 Å². The van der Waals surface area contributed by atoms with Crippen LogP contribution >= 0.6 is 0 Å². The fraction of sp³-hybridized carbons (Fsp3) is 0.750. The van der Waals surface area contributed by atoms with E-state index in [1.807, 2.05) is 0 Å². The molecule has 0 amide bonds. The fourth-order valence-corrected chi connectivity index (χ4v) is 3.35. The summed E-state index contributed by atoms with van der Waals surface area (Å²) in [4.78, 5) is 35.8. The Morgan fingerprint density at radius 3 is 2.53 bits per heavy atom. The van der Waals surface area contributed by atoms with Gasteiger partial charge in [-0.05, 0) is 19.3 Å². The smallest absolute Gasteiger partial charge is 0.393 e. The van der Waals surface area contributed by atoms with Gasteiger partial charge in [0, 0.05) is 5.54 Å². The van der Waals surface area contributed by atoms with Gasteiger partial charge in [-0.25, -0.2) is 0 Å². The van der Waals surface area contributed by atoms with Crippen molar-refractivity contribution in [2.75, 3.05) is 0 Å². The van der Waals surface area contributed by atoms with Crippen molar-refractivity contribution in [2.24, 2.45) is 11.8 Å². The zero-order valence-corrected chi connectivity index (χ0v) is 8.80. The molecule has 0 spiro atoms. The van der Waals surface area contributed by atoms with E-state index in [1.165, 1.54) is 0 Å². The Balaban J connectivity index is 2.15. The molecule has 1 aliphatic carbocycles. The molecule has 7 heteroatoms. The number of ether oxygens (including phenoxy) is 1. The first-order valence-corrected chi connectivity index (χ1v) is 6.56. The second-order valence-electron chi connectivity index (χ2n) is 4.07. The topological polar surface area (TPSA) is 104 Å². The molecule has 2 rings (SSSR count). The summed E-state index contributed by atoms with van der Waals surface area (Å²) in [6, 6.07) is 0. The van der Waals surface area contributed by atoms with Gasteiger partial charge in [0.25, 0.3) is 0 Å². The van der Waals surface area contributed by atoms with Crippen molar-refractivity contribution in [2.45, 2.75) is 24.8 Å². The van der Waals surface area contributed by atoms with E-state index in [0.717, 1.165) is 0 Å². The van der Waals surface area contributed by atoms with Gasteiger partial charge in [-0.1, -0.05) is 0 Å². The number of carbonyl (C=O) groups excluding carboxylic acids is 2. The Bertz CT molecular complexity index is 354. The standard InChI is InChI=1S/C8H12O6Si/c9-7-5-2-1-4(15(11,12)13)3-6(5)8(10)14-7/h4-6,11-13H,1-3H2/i11T,12T,13T. The van der Waals surface area contributed by atoms with E-state index in [0.29, 0.717) is 12.8 Å². The highest BCUT2D eigenvalue weighted by Crippen LogP contribution is 2.44. The number of hydrogen-bond donors (Lipinski definition) is 3. The van der Waals surface area contributed by atoms with Gasteiger partial charge >= 0.3 is 20.7 Å². The van der Waals surface area contributed by atoms with Crippen LogP contribution < -0.4 is 0 Å². The largest absolute Gasteiger partial charge is 0.496 e. The van der Waals surface area contributed by atoms with Crippen LogP contribution in [0.25, 0.3) is 0 Å². The van der Waals surface area contributed by atoms with Crippen LogP contribution in [0.3, 0.4) is 0 Å². The lowest BCUT2D eigenvalue weighted by atomic mass is 9.81. The van der Waals surface area contributed by atoms with Gasteiger partial charge in [-0.3, -0.25) is 9.59 Å². The van der Waals surface area contributed by atoms with E-state index in [2.05, 4.69) is 19.1 Å². The van der Waals surface area contributed by atoms with Crippen molar-refractivity contribution in [1.82, 2.24) is 0 Å². The second kappa shape index (κ2) is 3.37. The normalized spacial score (nSPS) is 38.9. The van der Waals surface area contributed by atoms with Crippen LogP contribution in [0, 0.1) is 11.8 Å². The van der Waals surface area contributed by atoms with Crippen molar-refractivity contribution in [3.8, 4) is 0 Å². The summed E-state index contributed by atoms with van der Waals surface area (Å²) >= 11 is 0. The third-order valence-electron chi connectivity index (χ3n) is 3.16. The lowest BCUT2D eigenvalue weighted by Gasteiger charge is -2.30. The van der Waals surface area contributed by atoms with Crippen LogP contribution in [-0.2, 0) is 14.3 Å². The van der Waals surface area contributed by atoms with Crippen LogP contribution in [0.1, 0.15) is 19.3 Å². The molecular formula is C8H12O6Si.